The Bertz CT molecular complexity index is 535. The highest BCUT2D eigenvalue weighted by molar-refractivity contribution is 5.37. The Hall–Kier alpha value is -1.89. The SMILES string of the molecule is CC(C)(C)OC=O.O=c1ccn(C2CCCO2)c(=O)[nH]1. The summed E-state index contributed by atoms with van der Waals surface area (Å²) in [5.41, 5.74) is -1.10. The molecule has 1 aromatic rings. The van der Waals surface area contributed by atoms with Crippen molar-refractivity contribution >= 4 is 6.47 Å². The van der Waals surface area contributed by atoms with Crippen LogP contribution in [0.1, 0.15) is 39.8 Å². The van der Waals surface area contributed by atoms with Crippen LogP contribution in [-0.2, 0) is 14.3 Å². The zero-order chi connectivity index (χ0) is 15.2. The van der Waals surface area contributed by atoms with E-state index in [0.717, 1.165) is 12.8 Å². The largest absolute Gasteiger partial charge is 0.462 e. The van der Waals surface area contributed by atoms with E-state index in [-0.39, 0.29) is 17.4 Å². The van der Waals surface area contributed by atoms with E-state index in [0.29, 0.717) is 13.1 Å². The fourth-order valence-electron chi connectivity index (χ4n) is 1.58. The first-order valence-electron chi connectivity index (χ1n) is 6.38. The van der Waals surface area contributed by atoms with Gasteiger partial charge in [0.25, 0.3) is 12.0 Å². The van der Waals surface area contributed by atoms with Crippen molar-refractivity contribution < 1.29 is 14.3 Å². The molecule has 7 heteroatoms. The molecule has 1 saturated heterocycles. The van der Waals surface area contributed by atoms with Crippen molar-refractivity contribution in [1.29, 1.82) is 0 Å². The normalized spacial score (nSPS) is 18.1. The minimum Gasteiger partial charge on any atom is -0.462 e. The number of aromatic nitrogens is 2. The summed E-state index contributed by atoms with van der Waals surface area (Å²) in [6, 6.07) is 1.32. The van der Waals surface area contributed by atoms with Gasteiger partial charge in [0.05, 0.1) is 0 Å². The van der Waals surface area contributed by atoms with Gasteiger partial charge in [-0.15, -0.1) is 0 Å². The third-order valence-corrected chi connectivity index (χ3v) is 2.47. The number of aromatic amines is 1. The molecule has 0 aromatic carbocycles. The monoisotopic (exact) mass is 284 g/mol. The molecule has 20 heavy (non-hydrogen) atoms. The molecule has 1 N–H and O–H groups in total. The van der Waals surface area contributed by atoms with E-state index in [4.69, 9.17) is 4.74 Å². The van der Waals surface area contributed by atoms with Crippen LogP contribution >= 0.6 is 0 Å². The second-order valence-electron chi connectivity index (χ2n) is 5.31. The summed E-state index contributed by atoms with van der Waals surface area (Å²) in [5.74, 6) is 0. The van der Waals surface area contributed by atoms with Gasteiger partial charge in [-0.1, -0.05) is 0 Å². The number of hydrogen-bond donors (Lipinski definition) is 1. The van der Waals surface area contributed by atoms with Crippen molar-refractivity contribution in [3.8, 4) is 0 Å². The molecule has 2 rings (SSSR count). The Morgan fingerprint density at radius 2 is 2.15 bits per heavy atom. The first kappa shape index (κ1) is 16.2. The van der Waals surface area contributed by atoms with Gasteiger partial charge in [0, 0.05) is 18.9 Å². The van der Waals surface area contributed by atoms with Crippen molar-refractivity contribution in [1.82, 2.24) is 9.55 Å². The van der Waals surface area contributed by atoms with Gasteiger partial charge in [-0.2, -0.15) is 0 Å². The Kier molecular flexibility index (Phi) is 5.69. The van der Waals surface area contributed by atoms with Gasteiger partial charge in [-0.25, -0.2) is 4.79 Å². The van der Waals surface area contributed by atoms with Crippen LogP contribution in [0.4, 0.5) is 0 Å². The summed E-state index contributed by atoms with van der Waals surface area (Å²) in [6.07, 6.45) is 3.05. The van der Waals surface area contributed by atoms with Crippen LogP contribution in [0.25, 0.3) is 0 Å². The molecular formula is C13H20N2O5. The molecule has 0 bridgehead atoms. The molecule has 7 nitrogen and oxygen atoms in total. The lowest BCUT2D eigenvalue weighted by Gasteiger charge is -2.14. The van der Waals surface area contributed by atoms with Crippen LogP contribution in [0.3, 0.4) is 0 Å². The van der Waals surface area contributed by atoms with Crippen LogP contribution in [0.15, 0.2) is 21.9 Å². The molecule has 0 spiro atoms. The molecule has 1 aromatic heterocycles. The van der Waals surface area contributed by atoms with Gasteiger partial charge in [0.2, 0.25) is 0 Å². The lowest BCUT2D eigenvalue weighted by Crippen LogP contribution is -2.31. The Balaban J connectivity index is 0.000000246. The van der Waals surface area contributed by atoms with Crippen LogP contribution in [0.5, 0.6) is 0 Å². The van der Waals surface area contributed by atoms with Gasteiger partial charge in [-0.05, 0) is 33.6 Å². The Morgan fingerprint density at radius 3 is 2.55 bits per heavy atom. The number of carbonyl (C=O) groups excluding carboxylic acids is 1. The summed E-state index contributed by atoms with van der Waals surface area (Å²) >= 11 is 0. The van der Waals surface area contributed by atoms with Crippen molar-refractivity contribution in [3.05, 3.63) is 33.1 Å². The summed E-state index contributed by atoms with van der Waals surface area (Å²) < 4.78 is 11.3. The average molecular weight is 284 g/mol. The van der Waals surface area contributed by atoms with E-state index in [1.165, 1.54) is 16.8 Å². The molecule has 1 unspecified atom stereocenters. The molecule has 0 saturated carbocycles. The third-order valence-electron chi connectivity index (χ3n) is 2.47. The predicted octanol–water partition coefficient (Wildman–Crippen LogP) is 0.803. The highest BCUT2D eigenvalue weighted by atomic mass is 16.5. The molecule has 1 fully saturated rings. The van der Waals surface area contributed by atoms with E-state index < -0.39 is 5.69 Å². The quantitative estimate of drug-likeness (QED) is 0.811. The molecule has 1 atom stereocenters. The lowest BCUT2D eigenvalue weighted by molar-refractivity contribution is -0.138. The van der Waals surface area contributed by atoms with Gasteiger partial charge in [0.1, 0.15) is 11.8 Å². The number of rotatable bonds is 2. The first-order valence-corrected chi connectivity index (χ1v) is 6.38. The molecular weight excluding hydrogens is 264 g/mol. The average Bonchev–Trinajstić information content (AvgIpc) is 2.81. The minimum atomic E-state index is -0.403. The van der Waals surface area contributed by atoms with Gasteiger partial charge in [0.15, 0.2) is 0 Å². The fourth-order valence-corrected chi connectivity index (χ4v) is 1.58. The smallest absolute Gasteiger partial charge is 0.330 e. The maximum absolute atomic E-state index is 11.3. The Morgan fingerprint density at radius 1 is 1.45 bits per heavy atom. The maximum atomic E-state index is 11.3. The maximum Gasteiger partial charge on any atom is 0.330 e. The predicted molar refractivity (Wildman–Crippen MR) is 72.4 cm³/mol. The van der Waals surface area contributed by atoms with Crippen molar-refractivity contribution in [2.24, 2.45) is 0 Å². The standard InChI is InChI=1S/C8H10N2O3.C5H10O2/c11-6-3-4-10(8(12)9-6)7-2-1-5-13-7;1-5(2,3)7-4-6/h3-4,7H,1-2,5H2,(H,9,11,12);4H,1-3H3. The first-order chi connectivity index (χ1) is 9.33. The molecule has 1 aliphatic rings. The van der Waals surface area contributed by atoms with Crippen LogP contribution in [0, 0.1) is 0 Å². The topological polar surface area (TPSA) is 90.4 Å². The minimum absolute atomic E-state index is 0.204. The molecule has 0 radical (unpaired) electrons. The number of nitrogens with zero attached hydrogens (tertiary/aromatic N) is 1. The van der Waals surface area contributed by atoms with E-state index in [2.05, 4.69) is 9.72 Å². The van der Waals surface area contributed by atoms with Crippen LogP contribution in [-0.4, -0.2) is 28.2 Å². The van der Waals surface area contributed by atoms with E-state index in [9.17, 15) is 14.4 Å². The zero-order valence-electron chi connectivity index (χ0n) is 11.9. The van der Waals surface area contributed by atoms with Gasteiger partial charge < -0.3 is 9.47 Å². The van der Waals surface area contributed by atoms with Crippen molar-refractivity contribution in [2.45, 2.75) is 45.4 Å². The molecule has 2 heterocycles. The van der Waals surface area contributed by atoms with Gasteiger partial charge >= 0.3 is 5.69 Å². The Labute approximate surface area is 116 Å². The lowest BCUT2D eigenvalue weighted by atomic mass is 10.2. The molecule has 1 aliphatic heterocycles. The second kappa shape index (κ2) is 7.04. The molecule has 0 aliphatic carbocycles. The van der Waals surface area contributed by atoms with Crippen LogP contribution < -0.4 is 11.2 Å². The summed E-state index contributed by atoms with van der Waals surface area (Å²) in [5, 5.41) is 0. The van der Waals surface area contributed by atoms with E-state index in [1.807, 2.05) is 20.8 Å². The van der Waals surface area contributed by atoms with Crippen molar-refractivity contribution in [2.75, 3.05) is 6.61 Å². The van der Waals surface area contributed by atoms with Crippen molar-refractivity contribution in [3.63, 3.8) is 0 Å². The number of nitrogens with one attached hydrogen (secondary N) is 1. The van der Waals surface area contributed by atoms with E-state index in [1.54, 1.807) is 0 Å². The zero-order valence-corrected chi connectivity index (χ0v) is 11.9. The summed E-state index contributed by atoms with van der Waals surface area (Å²) in [6.45, 7) is 6.60. The van der Waals surface area contributed by atoms with E-state index >= 15 is 0 Å². The number of H-pyrrole nitrogens is 1. The molecule has 112 valence electrons. The van der Waals surface area contributed by atoms with Crippen LogP contribution in [0.2, 0.25) is 0 Å². The third kappa shape index (κ3) is 5.40. The second-order valence-corrected chi connectivity index (χ2v) is 5.31. The highest BCUT2D eigenvalue weighted by Crippen LogP contribution is 2.19. The summed E-state index contributed by atoms with van der Waals surface area (Å²) in [4.78, 5) is 33.8. The number of ether oxygens (including phenoxy) is 2. The number of carbonyl (C=O) groups is 1. The highest BCUT2D eigenvalue weighted by Gasteiger charge is 2.17. The van der Waals surface area contributed by atoms with Gasteiger partial charge in [-0.3, -0.25) is 19.1 Å². The summed E-state index contributed by atoms with van der Waals surface area (Å²) in [7, 11) is 0. The fraction of sp³-hybridized carbons (Fsp3) is 0.615. The molecule has 0 amide bonds. The number of hydrogen-bond acceptors (Lipinski definition) is 5.